The summed E-state index contributed by atoms with van der Waals surface area (Å²) in [6.45, 7) is 3.36. The zero-order valence-corrected chi connectivity index (χ0v) is 20.2. The van der Waals surface area contributed by atoms with E-state index in [4.69, 9.17) is 27.0 Å². The molecule has 0 aromatic heterocycles. The third kappa shape index (κ3) is 3.67. The third-order valence-electron chi connectivity index (χ3n) is 6.91. The van der Waals surface area contributed by atoms with Crippen LogP contribution in [0.5, 0.6) is 11.5 Å². The van der Waals surface area contributed by atoms with Gasteiger partial charge in [-0.05, 0) is 75.7 Å². The Morgan fingerprint density at radius 1 is 1.14 bits per heavy atom. The number of hydrogen-bond donors (Lipinski definition) is 1. The van der Waals surface area contributed by atoms with Gasteiger partial charge in [-0.3, -0.25) is 9.69 Å². The van der Waals surface area contributed by atoms with Crippen LogP contribution in [0.2, 0.25) is 0 Å². The van der Waals surface area contributed by atoms with Gasteiger partial charge < -0.3 is 19.5 Å². The fourth-order valence-electron chi connectivity index (χ4n) is 4.76. The Kier molecular flexibility index (Phi) is 5.46. The average Bonchev–Trinajstić information content (AvgIpc) is 3.03. The Labute approximate surface area is 210 Å². The molecule has 2 aliphatic heterocycles. The van der Waals surface area contributed by atoms with E-state index in [0.29, 0.717) is 30.0 Å². The number of benzene rings is 2. The molecule has 0 radical (unpaired) electrons. The Hall–Kier alpha value is -3.36. The smallest absolute Gasteiger partial charge is 0.417 e. The van der Waals surface area contributed by atoms with Gasteiger partial charge in [0.15, 0.2) is 22.7 Å². The van der Waals surface area contributed by atoms with Gasteiger partial charge >= 0.3 is 6.18 Å². The fourth-order valence-corrected chi connectivity index (χ4v) is 5.23. The summed E-state index contributed by atoms with van der Waals surface area (Å²) in [7, 11) is 0. The summed E-state index contributed by atoms with van der Waals surface area (Å²) in [6.07, 6.45) is -3.61. The topological polar surface area (TPSA) is 86.0 Å². The molecule has 1 saturated heterocycles. The van der Waals surface area contributed by atoms with Crippen molar-refractivity contribution in [3.05, 3.63) is 47.5 Å². The number of anilines is 2. The monoisotopic (exact) mass is 517 g/mol. The number of hydrogen-bond acceptors (Lipinski definition) is 6. The quantitative estimate of drug-likeness (QED) is 0.598. The molecule has 2 aromatic carbocycles. The standard InChI is InChI=1S/C25H22F3N3O4S/c1-23(2,33)20-13-34-19-11-16(6-7-18(19)35-20)31-22(36)30(21(32)24(31)8-3-9-24)15-5-4-14(12-29)17(10-15)25(26,27)28/h4-7,10-11,20,33H,3,8-9,13H2,1-2H3/t20-/m1/s1. The number of carbonyl (C=O) groups excluding carboxylic acids is 1. The van der Waals surface area contributed by atoms with E-state index in [1.54, 1.807) is 43.0 Å². The summed E-state index contributed by atoms with van der Waals surface area (Å²) < 4.78 is 52.5. The molecule has 1 spiro atoms. The molecule has 0 bridgehead atoms. The number of amides is 1. The molecule has 3 aliphatic rings. The number of carbonyl (C=O) groups is 1. The number of ether oxygens (including phenoxy) is 2. The highest BCUT2D eigenvalue weighted by Crippen LogP contribution is 2.50. The lowest BCUT2D eigenvalue weighted by Gasteiger charge is -2.43. The van der Waals surface area contributed by atoms with Crippen LogP contribution >= 0.6 is 12.2 Å². The van der Waals surface area contributed by atoms with Crippen molar-refractivity contribution in [1.82, 2.24) is 0 Å². The highest BCUT2D eigenvalue weighted by atomic mass is 32.1. The molecule has 1 saturated carbocycles. The minimum atomic E-state index is -4.77. The van der Waals surface area contributed by atoms with Gasteiger partial charge in [-0.15, -0.1) is 0 Å². The second kappa shape index (κ2) is 8.08. The number of fused-ring (bicyclic) bond motifs is 1. The van der Waals surface area contributed by atoms with Crippen molar-refractivity contribution in [2.45, 2.75) is 56.5 Å². The largest absolute Gasteiger partial charge is 0.486 e. The molecule has 7 nitrogen and oxygen atoms in total. The minimum Gasteiger partial charge on any atom is -0.486 e. The molecule has 1 aliphatic carbocycles. The minimum absolute atomic E-state index is 0.0450. The van der Waals surface area contributed by atoms with E-state index in [1.807, 2.05) is 0 Å². The lowest BCUT2D eigenvalue weighted by atomic mass is 9.75. The first-order chi connectivity index (χ1) is 16.9. The van der Waals surface area contributed by atoms with Crippen molar-refractivity contribution < 1.29 is 32.5 Å². The normalized spacial score (nSPS) is 21.0. The Morgan fingerprint density at radius 3 is 2.42 bits per heavy atom. The maximum absolute atomic E-state index is 13.6. The molecule has 1 amide bonds. The summed E-state index contributed by atoms with van der Waals surface area (Å²) in [5.41, 5.74) is -3.29. The molecular formula is C25H22F3N3O4S. The zero-order valence-electron chi connectivity index (χ0n) is 19.4. The maximum atomic E-state index is 13.6. The van der Waals surface area contributed by atoms with E-state index in [-0.39, 0.29) is 17.4 Å². The second-order valence-electron chi connectivity index (χ2n) is 9.69. The van der Waals surface area contributed by atoms with Gasteiger partial charge in [0.2, 0.25) is 0 Å². The van der Waals surface area contributed by atoms with Crippen LogP contribution in [0, 0.1) is 11.3 Å². The van der Waals surface area contributed by atoms with Crippen molar-refractivity contribution in [2.75, 3.05) is 16.4 Å². The van der Waals surface area contributed by atoms with Gasteiger partial charge in [-0.1, -0.05) is 0 Å². The molecule has 188 valence electrons. The Bertz CT molecular complexity index is 1310. The number of nitriles is 1. The average molecular weight is 518 g/mol. The number of rotatable bonds is 3. The van der Waals surface area contributed by atoms with Crippen LogP contribution < -0.4 is 19.3 Å². The molecule has 11 heteroatoms. The van der Waals surface area contributed by atoms with E-state index >= 15 is 0 Å². The highest BCUT2D eigenvalue weighted by molar-refractivity contribution is 7.81. The predicted molar refractivity (Wildman–Crippen MR) is 128 cm³/mol. The van der Waals surface area contributed by atoms with Gasteiger partial charge in [0.25, 0.3) is 5.91 Å². The molecule has 1 atom stereocenters. The van der Waals surface area contributed by atoms with Gasteiger partial charge in [0.1, 0.15) is 12.1 Å². The third-order valence-corrected chi connectivity index (χ3v) is 7.28. The molecule has 5 rings (SSSR count). The first-order valence-corrected chi connectivity index (χ1v) is 11.7. The summed E-state index contributed by atoms with van der Waals surface area (Å²) in [5, 5.41) is 19.4. The first-order valence-electron chi connectivity index (χ1n) is 11.3. The summed E-state index contributed by atoms with van der Waals surface area (Å²) in [5.74, 6) is 0.428. The molecule has 2 fully saturated rings. The lowest BCUT2D eigenvalue weighted by molar-refractivity contribution is -0.137. The van der Waals surface area contributed by atoms with E-state index in [0.717, 1.165) is 23.5 Å². The maximum Gasteiger partial charge on any atom is 0.417 e. The van der Waals surface area contributed by atoms with E-state index in [2.05, 4.69) is 0 Å². The van der Waals surface area contributed by atoms with Crippen molar-refractivity contribution in [3.63, 3.8) is 0 Å². The predicted octanol–water partition coefficient (Wildman–Crippen LogP) is 4.55. The van der Waals surface area contributed by atoms with Gasteiger partial charge in [-0.25, -0.2) is 0 Å². The second-order valence-corrected chi connectivity index (χ2v) is 10.1. The van der Waals surface area contributed by atoms with Gasteiger partial charge in [0.05, 0.1) is 28.5 Å². The number of thiocarbonyl (C=S) groups is 1. The summed E-state index contributed by atoms with van der Waals surface area (Å²) in [4.78, 5) is 16.4. The van der Waals surface area contributed by atoms with Gasteiger partial charge in [-0.2, -0.15) is 18.4 Å². The zero-order chi connectivity index (χ0) is 26.0. The van der Waals surface area contributed by atoms with Crippen LogP contribution in [0.15, 0.2) is 36.4 Å². The SMILES string of the molecule is CC(C)(O)[C@H]1COc2cc(N3C(=S)N(c4ccc(C#N)c(C(F)(F)F)c4)C(=O)C34CCC4)ccc2O1. The van der Waals surface area contributed by atoms with Crippen LogP contribution in [0.4, 0.5) is 24.5 Å². The lowest BCUT2D eigenvalue weighted by Crippen LogP contribution is -2.55. The Balaban J connectivity index is 1.53. The first kappa shape index (κ1) is 24.3. The van der Waals surface area contributed by atoms with Crippen LogP contribution in [-0.4, -0.2) is 40.0 Å². The van der Waals surface area contributed by atoms with Crippen LogP contribution in [0.3, 0.4) is 0 Å². The summed E-state index contributed by atoms with van der Waals surface area (Å²) >= 11 is 5.65. The van der Waals surface area contributed by atoms with E-state index in [1.165, 1.54) is 6.07 Å². The van der Waals surface area contributed by atoms with Crippen LogP contribution in [0.25, 0.3) is 0 Å². The number of alkyl halides is 3. The van der Waals surface area contributed by atoms with Crippen molar-refractivity contribution >= 4 is 34.6 Å². The fraction of sp³-hybridized carbons (Fsp3) is 0.400. The van der Waals surface area contributed by atoms with E-state index < -0.39 is 40.5 Å². The summed E-state index contributed by atoms with van der Waals surface area (Å²) in [6, 6.07) is 9.74. The molecule has 2 heterocycles. The number of aliphatic hydroxyl groups is 1. The van der Waals surface area contributed by atoms with Crippen LogP contribution in [0.1, 0.15) is 44.2 Å². The van der Waals surface area contributed by atoms with Crippen molar-refractivity contribution in [1.29, 1.82) is 5.26 Å². The number of halogens is 3. The van der Waals surface area contributed by atoms with E-state index in [9.17, 15) is 23.1 Å². The highest BCUT2D eigenvalue weighted by Gasteiger charge is 2.59. The molecular weight excluding hydrogens is 495 g/mol. The molecule has 1 N–H and O–H groups in total. The van der Waals surface area contributed by atoms with Crippen molar-refractivity contribution in [2.24, 2.45) is 0 Å². The van der Waals surface area contributed by atoms with Crippen molar-refractivity contribution in [3.8, 4) is 17.6 Å². The van der Waals surface area contributed by atoms with Gasteiger partial charge in [0, 0.05) is 11.8 Å². The van der Waals surface area contributed by atoms with Crippen LogP contribution in [-0.2, 0) is 11.0 Å². The molecule has 0 unspecified atom stereocenters. The Morgan fingerprint density at radius 2 is 1.83 bits per heavy atom. The molecule has 2 aromatic rings. The molecule has 36 heavy (non-hydrogen) atoms. The number of nitrogens with zero attached hydrogens (tertiary/aromatic N) is 3.